The van der Waals surface area contributed by atoms with E-state index in [1.807, 2.05) is 13.8 Å². The van der Waals surface area contributed by atoms with Crippen LogP contribution in [0.1, 0.15) is 21.9 Å². The Morgan fingerprint density at radius 1 is 1.25 bits per heavy atom. The molecule has 3 aromatic heterocycles. The van der Waals surface area contributed by atoms with E-state index in [0.29, 0.717) is 39.6 Å². The van der Waals surface area contributed by atoms with E-state index in [-0.39, 0.29) is 0 Å². The lowest BCUT2D eigenvalue weighted by Crippen LogP contribution is -2.10. The maximum absolute atomic E-state index is 11.3. The summed E-state index contributed by atoms with van der Waals surface area (Å²) in [5.41, 5.74) is 8.64. The van der Waals surface area contributed by atoms with Crippen LogP contribution >= 0.6 is 0 Å². The molecule has 0 aromatic carbocycles. The third kappa shape index (κ3) is 1.89. The summed E-state index contributed by atoms with van der Waals surface area (Å²) < 4.78 is 0. The van der Waals surface area contributed by atoms with Crippen LogP contribution in [0.5, 0.6) is 0 Å². The van der Waals surface area contributed by atoms with Gasteiger partial charge in [0.25, 0.3) is 5.91 Å². The standard InChI is InChI=1S/C13H12N6O/c1-6-10(9-3-4-15-7(2)18-9)19-13-11(17-6)8(5-16-13)12(14)20/h3-5H,1-2H3,(H2,14,20)(H,16,19). The van der Waals surface area contributed by atoms with Gasteiger partial charge in [0.05, 0.1) is 17.0 Å². The molecular weight excluding hydrogens is 256 g/mol. The van der Waals surface area contributed by atoms with Crippen molar-refractivity contribution in [3.8, 4) is 11.4 Å². The Labute approximate surface area is 114 Å². The maximum atomic E-state index is 11.3. The van der Waals surface area contributed by atoms with Crippen LogP contribution in [0.15, 0.2) is 18.5 Å². The summed E-state index contributed by atoms with van der Waals surface area (Å²) in [5.74, 6) is 0.128. The molecule has 1 amide bonds. The number of carbonyl (C=O) groups is 1. The van der Waals surface area contributed by atoms with Gasteiger partial charge in [-0.3, -0.25) is 4.79 Å². The number of amides is 1. The number of carbonyl (C=O) groups excluding carboxylic acids is 1. The monoisotopic (exact) mass is 268 g/mol. The first-order valence-electron chi connectivity index (χ1n) is 6.02. The summed E-state index contributed by atoms with van der Waals surface area (Å²) in [4.78, 5) is 31.5. The molecule has 0 saturated carbocycles. The highest BCUT2D eigenvalue weighted by Gasteiger charge is 2.15. The van der Waals surface area contributed by atoms with Crippen LogP contribution in [0.25, 0.3) is 22.6 Å². The number of aromatic amines is 1. The molecule has 3 rings (SSSR count). The molecule has 3 N–H and O–H groups in total. The fourth-order valence-electron chi connectivity index (χ4n) is 2.04. The van der Waals surface area contributed by atoms with Crippen LogP contribution < -0.4 is 5.73 Å². The van der Waals surface area contributed by atoms with Crippen molar-refractivity contribution < 1.29 is 4.79 Å². The number of H-pyrrole nitrogens is 1. The lowest BCUT2D eigenvalue weighted by atomic mass is 10.2. The van der Waals surface area contributed by atoms with Crippen molar-refractivity contribution in [1.29, 1.82) is 0 Å². The summed E-state index contributed by atoms with van der Waals surface area (Å²) in [6.45, 7) is 3.63. The number of fused-ring (bicyclic) bond motifs is 1. The molecule has 0 radical (unpaired) electrons. The number of primary amides is 1. The number of hydrogen-bond acceptors (Lipinski definition) is 5. The third-order valence-corrected chi connectivity index (χ3v) is 2.96. The number of rotatable bonds is 2. The normalized spacial score (nSPS) is 10.9. The first kappa shape index (κ1) is 12.2. The average Bonchev–Trinajstić information content (AvgIpc) is 2.80. The van der Waals surface area contributed by atoms with Gasteiger partial charge in [0.15, 0.2) is 5.65 Å². The van der Waals surface area contributed by atoms with Gasteiger partial charge in [-0.25, -0.2) is 19.9 Å². The third-order valence-electron chi connectivity index (χ3n) is 2.96. The quantitative estimate of drug-likeness (QED) is 0.723. The Morgan fingerprint density at radius 3 is 2.75 bits per heavy atom. The lowest BCUT2D eigenvalue weighted by Gasteiger charge is -2.04. The molecule has 0 atom stereocenters. The highest BCUT2D eigenvalue weighted by molar-refractivity contribution is 6.03. The molecule has 3 aromatic rings. The Kier molecular flexibility index (Phi) is 2.67. The van der Waals surface area contributed by atoms with E-state index in [4.69, 9.17) is 5.73 Å². The van der Waals surface area contributed by atoms with Gasteiger partial charge in [-0.1, -0.05) is 0 Å². The number of aryl methyl sites for hydroxylation is 2. The molecule has 3 heterocycles. The van der Waals surface area contributed by atoms with E-state index >= 15 is 0 Å². The summed E-state index contributed by atoms with van der Waals surface area (Å²) in [6.07, 6.45) is 3.19. The zero-order valence-electron chi connectivity index (χ0n) is 11.0. The molecule has 20 heavy (non-hydrogen) atoms. The molecule has 0 bridgehead atoms. The molecule has 100 valence electrons. The average molecular weight is 268 g/mol. The summed E-state index contributed by atoms with van der Waals surface area (Å²) in [7, 11) is 0. The summed E-state index contributed by atoms with van der Waals surface area (Å²) in [6, 6.07) is 1.77. The number of nitrogens with two attached hydrogens (primary N) is 1. The molecule has 7 nitrogen and oxygen atoms in total. The van der Waals surface area contributed by atoms with Crippen molar-refractivity contribution in [2.24, 2.45) is 5.73 Å². The topological polar surface area (TPSA) is 110 Å². The van der Waals surface area contributed by atoms with Crippen molar-refractivity contribution in [1.82, 2.24) is 24.9 Å². The van der Waals surface area contributed by atoms with Crippen LogP contribution in [0.4, 0.5) is 0 Å². The van der Waals surface area contributed by atoms with E-state index in [1.54, 1.807) is 12.3 Å². The Morgan fingerprint density at radius 2 is 2.05 bits per heavy atom. The predicted octanol–water partition coefficient (Wildman–Crippen LogP) is 1.13. The minimum atomic E-state index is -0.532. The minimum absolute atomic E-state index is 0.334. The van der Waals surface area contributed by atoms with Crippen LogP contribution in [-0.4, -0.2) is 30.8 Å². The van der Waals surface area contributed by atoms with Crippen LogP contribution in [0.3, 0.4) is 0 Å². The Hall–Kier alpha value is -2.83. The van der Waals surface area contributed by atoms with Gasteiger partial charge in [0.1, 0.15) is 17.0 Å². The van der Waals surface area contributed by atoms with Gasteiger partial charge in [0, 0.05) is 12.4 Å². The lowest BCUT2D eigenvalue weighted by molar-refractivity contribution is 0.100. The molecule has 0 spiro atoms. The number of nitrogens with zero attached hydrogens (tertiary/aromatic N) is 4. The molecule has 0 aliphatic rings. The number of aromatic nitrogens is 5. The van der Waals surface area contributed by atoms with Crippen LogP contribution in [0, 0.1) is 13.8 Å². The molecule has 0 fully saturated rings. The first-order valence-corrected chi connectivity index (χ1v) is 6.02. The first-order chi connectivity index (χ1) is 9.56. The fourth-order valence-corrected chi connectivity index (χ4v) is 2.04. The van der Waals surface area contributed by atoms with E-state index < -0.39 is 5.91 Å². The highest BCUT2D eigenvalue weighted by Crippen LogP contribution is 2.22. The Bertz CT molecular complexity index is 823. The van der Waals surface area contributed by atoms with Gasteiger partial charge in [-0.15, -0.1) is 0 Å². The minimum Gasteiger partial charge on any atom is -0.365 e. The molecular formula is C13H12N6O. The second-order valence-electron chi connectivity index (χ2n) is 4.41. The van der Waals surface area contributed by atoms with Crippen molar-refractivity contribution in [3.05, 3.63) is 35.5 Å². The second-order valence-corrected chi connectivity index (χ2v) is 4.41. The SMILES string of the molecule is Cc1nccc(-c2nc3[nH]cc(C(N)=O)c3nc2C)n1. The highest BCUT2D eigenvalue weighted by atomic mass is 16.1. The summed E-state index contributed by atoms with van der Waals surface area (Å²) in [5, 5.41) is 0. The van der Waals surface area contributed by atoms with Gasteiger partial charge in [-0.05, 0) is 19.9 Å². The van der Waals surface area contributed by atoms with Crippen molar-refractivity contribution >= 4 is 17.1 Å². The van der Waals surface area contributed by atoms with Crippen molar-refractivity contribution in [2.75, 3.05) is 0 Å². The van der Waals surface area contributed by atoms with E-state index in [1.165, 1.54) is 6.20 Å². The van der Waals surface area contributed by atoms with E-state index in [2.05, 4.69) is 24.9 Å². The predicted molar refractivity (Wildman–Crippen MR) is 72.9 cm³/mol. The van der Waals surface area contributed by atoms with Crippen LogP contribution in [-0.2, 0) is 0 Å². The molecule has 0 aliphatic heterocycles. The zero-order chi connectivity index (χ0) is 14.3. The summed E-state index contributed by atoms with van der Waals surface area (Å²) >= 11 is 0. The zero-order valence-corrected chi connectivity index (χ0v) is 11.0. The van der Waals surface area contributed by atoms with Gasteiger partial charge in [0.2, 0.25) is 0 Å². The van der Waals surface area contributed by atoms with Gasteiger partial charge in [-0.2, -0.15) is 0 Å². The van der Waals surface area contributed by atoms with Crippen LogP contribution in [0.2, 0.25) is 0 Å². The Balaban J connectivity index is 2.23. The smallest absolute Gasteiger partial charge is 0.252 e. The van der Waals surface area contributed by atoms with Gasteiger partial charge >= 0.3 is 0 Å². The van der Waals surface area contributed by atoms with Crippen molar-refractivity contribution in [3.63, 3.8) is 0 Å². The molecule has 7 heteroatoms. The molecule has 0 aliphatic carbocycles. The maximum Gasteiger partial charge on any atom is 0.252 e. The second kappa shape index (κ2) is 4.37. The van der Waals surface area contributed by atoms with Crippen molar-refractivity contribution in [2.45, 2.75) is 13.8 Å². The van der Waals surface area contributed by atoms with Gasteiger partial charge < -0.3 is 10.7 Å². The van der Waals surface area contributed by atoms with E-state index in [9.17, 15) is 4.79 Å². The molecule has 0 saturated heterocycles. The number of nitrogens with one attached hydrogen (secondary N) is 1. The van der Waals surface area contributed by atoms with E-state index in [0.717, 1.165) is 0 Å². The molecule has 0 unspecified atom stereocenters. The largest absolute Gasteiger partial charge is 0.365 e. The fraction of sp³-hybridized carbons (Fsp3) is 0.154. The number of hydrogen-bond donors (Lipinski definition) is 2.